The number of amides is 3. The number of aryl methyl sites for hydroxylation is 1. The number of carbonyl (C=O) groups is 3. The Morgan fingerprint density at radius 3 is 2.48 bits per heavy atom. The Morgan fingerprint density at radius 1 is 0.975 bits per heavy atom. The number of rotatable bonds is 5. The van der Waals surface area contributed by atoms with E-state index in [0.29, 0.717) is 55.8 Å². The fourth-order valence-corrected chi connectivity index (χ4v) is 5.65. The molecule has 3 aromatic carbocycles. The first kappa shape index (κ1) is 25.7. The van der Waals surface area contributed by atoms with Crippen molar-refractivity contribution in [2.24, 2.45) is 7.05 Å². The monoisotopic (exact) mass is 540 g/mol. The molecule has 3 heterocycles. The van der Waals surface area contributed by atoms with Crippen LogP contribution in [0.25, 0.3) is 22.0 Å². The number of hydrogen-bond donors (Lipinski definition) is 1. The van der Waals surface area contributed by atoms with Crippen molar-refractivity contribution in [3.8, 4) is 16.9 Å². The number of hydrogen-bond acceptors (Lipinski definition) is 5. The third kappa shape index (κ3) is 4.95. The molecule has 2 saturated heterocycles. The minimum Gasteiger partial charge on any atom is -0.488 e. The molecule has 2 aliphatic rings. The van der Waals surface area contributed by atoms with Crippen molar-refractivity contribution in [2.45, 2.75) is 37.7 Å². The molecule has 3 amide bonds. The topological polar surface area (TPSA) is 93.5 Å². The maximum absolute atomic E-state index is 13.3. The van der Waals surface area contributed by atoms with Crippen LogP contribution in [0.1, 0.15) is 47.7 Å². The second-order valence-corrected chi connectivity index (χ2v) is 10.4. The van der Waals surface area contributed by atoms with Gasteiger partial charge in [0.2, 0.25) is 11.8 Å². The molecule has 0 radical (unpaired) electrons. The lowest BCUT2D eigenvalue weighted by atomic mass is 9.93. The van der Waals surface area contributed by atoms with Crippen LogP contribution in [0.15, 0.2) is 66.7 Å². The molecular weight excluding hydrogens is 511 g/mol. The molecule has 1 atom stereocenters. The lowest BCUT2D eigenvalue weighted by Gasteiger charge is -2.32. The normalized spacial score (nSPS) is 18.1. The van der Waals surface area contributed by atoms with E-state index in [1.807, 2.05) is 48.3 Å². The summed E-state index contributed by atoms with van der Waals surface area (Å²) in [6, 6.07) is 19.4. The number of piperidine rings is 2. The van der Waals surface area contributed by atoms with E-state index in [9.17, 15) is 18.8 Å². The van der Waals surface area contributed by atoms with Crippen LogP contribution < -0.4 is 10.1 Å². The van der Waals surface area contributed by atoms with Gasteiger partial charge in [0, 0.05) is 50.3 Å². The van der Waals surface area contributed by atoms with Gasteiger partial charge in [0.05, 0.1) is 11.6 Å². The van der Waals surface area contributed by atoms with E-state index in [2.05, 4.69) is 10.4 Å². The predicted molar refractivity (Wildman–Crippen MR) is 147 cm³/mol. The van der Waals surface area contributed by atoms with Crippen molar-refractivity contribution >= 4 is 28.6 Å². The van der Waals surface area contributed by atoms with Crippen LogP contribution in [0, 0.1) is 5.82 Å². The number of para-hydroxylation sites is 1. The Morgan fingerprint density at radius 2 is 1.73 bits per heavy atom. The van der Waals surface area contributed by atoms with Gasteiger partial charge in [-0.25, -0.2) is 4.39 Å². The van der Waals surface area contributed by atoms with Crippen LogP contribution in [0.4, 0.5) is 4.39 Å². The summed E-state index contributed by atoms with van der Waals surface area (Å²) in [7, 11) is 1.83. The number of likely N-dealkylation sites (tertiary alicyclic amines) is 1. The van der Waals surface area contributed by atoms with E-state index in [-0.39, 0.29) is 29.6 Å². The molecule has 2 aliphatic heterocycles. The number of halogens is 1. The maximum atomic E-state index is 13.3. The Hall–Kier alpha value is -4.53. The van der Waals surface area contributed by atoms with Crippen LogP contribution in [-0.2, 0) is 16.6 Å². The first-order valence-electron chi connectivity index (χ1n) is 13.5. The highest BCUT2D eigenvalue weighted by Gasteiger charge is 2.32. The molecule has 0 saturated carbocycles. The number of aromatic nitrogens is 2. The summed E-state index contributed by atoms with van der Waals surface area (Å²) in [4.78, 5) is 39.2. The highest BCUT2D eigenvalue weighted by molar-refractivity contribution is 6.03. The van der Waals surface area contributed by atoms with E-state index in [1.54, 1.807) is 22.9 Å². The molecule has 40 heavy (non-hydrogen) atoms. The van der Waals surface area contributed by atoms with Gasteiger partial charge in [-0.2, -0.15) is 5.10 Å². The van der Waals surface area contributed by atoms with Gasteiger partial charge in [-0.1, -0.05) is 36.4 Å². The minimum absolute atomic E-state index is 0.0370. The molecule has 1 unspecified atom stereocenters. The van der Waals surface area contributed by atoms with Crippen LogP contribution >= 0.6 is 0 Å². The number of ether oxygens (including phenoxy) is 1. The first-order chi connectivity index (χ1) is 19.4. The van der Waals surface area contributed by atoms with Crippen LogP contribution in [-0.4, -0.2) is 51.6 Å². The van der Waals surface area contributed by atoms with E-state index < -0.39 is 5.92 Å². The molecule has 8 nitrogen and oxygen atoms in total. The minimum atomic E-state index is -0.479. The summed E-state index contributed by atoms with van der Waals surface area (Å²) < 4.78 is 21.5. The van der Waals surface area contributed by atoms with Gasteiger partial charge >= 0.3 is 0 Å². The molecule has 0 spiro atoms. The Bertz CT molecular complexity index is 1610. The lowest BCUT2D eigenvalue weighted by molar-refractivity contribution is -0.134. The molecule has 1 N–H and O–H groups in total. The van der Waals surface area contributed by atoms with Gasteiger partial charge in [0.15, 0.2) is 0 Å². The van der Waals surface area contributed by atoms with Gasteiger partial charge in [-0.15, -0.1) is 0 Å². The third-order valence-electron chi connectivity index (χ3n) is 7.74. The summed E-state index contributed by atoms with van der Waals surface area (Å²) in [5.41, 5.74) is 3.77. The van der Waals surface area contributed by atoms with Crippen molar-refractivity contribution in [3.63, 3.8) is 0 Å². The average molecular weight is 541 g/mol. The largest absolute Gasteiger partial charge is 0.488 e. The molecule has 1 aromatic heterocycles. The van der Waals surface area contributed by atoms with Crippen molar-refractivity contribution < 1.29 is 23.5 Å². The fraction of sp³-hybridized carbons (Fsp3) is 0.290. The molecule has 204 valence electrons. The average Bonchev–Trinajstić information content (AvgIpc) is 3.30. The molecular formula is C31H29FN4O4. The third-order valence-corrected chi connectivity index (χ3v) is 7.74. The number of benzene rings is 3. The summed E-state index contributed by atoms with van der Waals surface area (Å²) >= 11 is 0. The van der Waals surface area contributed by atoms with Crippen LogP contribution in [0.3, 0.4) is 0 Å². The van der Waals surface area contributed by atoms with E-state index in [1.165, 1.54) is 12.1 Å². The van der Waals surface area contributed by atoms with Crippen molar-refractivity contribution in [1.29, 1.82) is 0 Å². The van der Waals surface area contributed by atoms with Crippen LogP contribution in [0.2, 0.25) is 0 Å². The maximum Gasteiger partial charge on any atom is 0.253 e. The fourth-order valence-electron chi connectivity index (χ4n) is 5.65. The molecule has 4 aromatic rings. The molecule has 2 fully saturated rings. The van der Waals surface area contributed by atoms with E-state index >= 15 is 0 Å². The highest BCUT2D eigenvalue weighted by Crippen LogP contribution is 2.35. The predicted octanol–water partition coefficient (Wildman–Crippen LogP) is 4.58. The Kier molecular flexibility index (Phi) is 6.79. The number of imide groups is 1. The molecule has 0 bridgehead atoms. The Labute approximate surface area is 230 Å². The zero-order chi connectivity index (χ0) is 27.8. The standard InChI is InChI=1S/C31H29FN4O4/c1-35-29-24(28(34-35)25-12-13-27(37)33-30(25)38)6-3-7-26(29)40-23-14-16-36(17-15-23)31(39)21-5-2-4-20(18-21)19-8-10-22(32)11-9-19/h2-11,18,23,25H,12-17H2,1H3,(H,33,37,38). The molecule has 0 aliphatic carbocycles. The zero-order valence-corrected chi connectivity index (χ0v) is 22.1. The van der Waals surface area contributed by atoms with Gasteiger partial charge < -0.3 is 9.64 Å². The van der Waals surface area contributed by atoms with Crippen molar-refractivity contribution in [3.05, 3.63) is 83.8 Å². The highest BCUT2D eigenvalue weighted by atomic mass is 19.1. The summed E-state index contributed by atoms with van der Waals surface area (Å²) in [6.07, 6.45) is 2.00. The number of carbonyl (C=O) groups excluding carboxylic acids is 3. The van der Waals surface area contributed by atoms with E-state index in [4.69, 9.17) is 4.74 Å². The smallest absolute Gasteiger partial charge is 0.253 e. The SMILES string of the molecule is Cn1nc(C2CCC(=O)NC2=O)c2cccc(OC3CCN(C(=O)c4cccc(-c5ccc(F)cc5)c4)CC3)c21. The second-order valence-electron chi connectivity index (χ2n) is 10.4. The zero-order valence-electron chi connectivity index (χ0n) is 22.1. The van der Waals surface area contributed by atoms with Gasteiger partial charge in [-0.3, -0.25) is 24.4 Å². The number of nitrogens with zero attached hydrogens (tertiary/aromatic N) is 3. The first-order valence-corrected chi connectivity index (χ1v) is 13.5. The molecule has 9 heteroatoms. The quantitative estimate of drug-likeness (QED) is 0.374. The van der Waals surface area contributed by atoms with Gasteiger partial charge in [0.25, 0.3) is 5.91 Å². The second kappa shape index (κ2) is 10.6. The summed E-state index contributed by atoms with van der Waals surface area (Å²) in [5.74, 6) is -0.700. The van der Waals surface area contributed by atoms with Gasteiger partial charge in [-0.05, 0) is 47.9 Å². The van der Waals surface area contributed by atoms with Gasteiger partial charge in [0.1, 0.15) is 23.2 Å². The number of nitrogens with one attached hydrogen (secondary N) is 1. The summed E-state index contributed by atoms with van der Waals surface area (Å²) in [5, 5.41) is 7.89. The van der Waals surface area contributed by atoms with Crippen molar-refractivity contribution in [1.82, 2.24) is 20.0 Å². The van der Waals surface area contributed by atoms with Crippen molar-refractivity contribution in [2.75, 3.05) is 13.1 Å². The summed E-state index contributed by atoms with van der Waals surface area (Å²) in [6.45, 7) is 1.13. The Balaban J connectivity index is 1.14. The van der Waals surface area contributed by atoms with Crippen LogP contribution in [0.5, 0.6) is 5.75 Å². The van der Waals surface area contributed by atoms with E-state index in [0.717, 1.165) is 22.0 Å². The lowest BCUT2D eigenvalue weighted by Crippen LogP contribution is -2.41. The number of fused-ring (bicyclic) bond motifs is 1. The molecule has 6 rings (SSSR count).